The van der Waals surface area contributed by atoms with Crippen LogP contribution in [0.1, 0.15) is 67.2 Å². The average Bonchev–Trinajstić information content (AvgIpc) is 2.57. The molecule has 0 aromatic carbocycles. The van der Waals surface area contributed by atoms with E-state index in [2.05, 4.69) is 50.6 Å². The highest BCUT2D eigenvalue weighted by atomic mass is 16.4. The van der Waals surface area contributed by atoms with Crippen LogP contribution in [-0.4, -0.2) is 41.6 Å². The Balaban J connectivity index is 2.69. The maximum absolute atomic E-state index is 12.9. The summed E-state index contributed by atoms with van der Waals surface area (Å²) in [6, 6.07) is -1.07. The second kappa shape index (κ2) is 11.3. The number of carboxylic acid groups (broad SMARTS) is 1. The van der Waals surface area contributed by atoms with Crippen molar-refractivity contribution in [1.82, 2.24) is 16.0 Å². The molecule has 1 saturated carbocycles. The summed E-state index contributed by atoms with van der Waals surface area (Å²) in [6.07, 6.45) is 2.65. The number of nitrogens with one attached hydrogen (secondary N) is 3. The van der Waals surface area contributed by atoms with Crippen molar-refractivity contribution in [2.24, 2.45) is 29.6 Å². The van der Waals surface area contributed by atoms with Gasteiger partial charge in [-0.05, 0) is 49.9 Å². The van der Waals surface area contributed by atoms with Gasteiger partial charge in [-0.25, -0.2) is 4.79 Å². The molecule has 1 rings (SSSR count). The molecular weight excluding hydrogens is 358 g/mol. The van der Waals surface area contributed by atoms with E-state index in [0.717, 1.165) is 12.8 Å². The van der Waals surface area contributed by atoms with Gasteiger partial charge in [-0.1, -0.05) is 41.0 Å². The Hall–Kier alpha value is -1.79. The molecule has 2 unspecified atom stereocenters. The molecule has 7 nitrogen and oxygen atoms in total. The minimum Gasteiger partial charge on any atom is -0.465 e. The third-order valence-electron chi connectivity index (χ3n) is 5.72. The molecule has 1 fully saturated rings. The van der Waals surface area contributed by atoms with Crippen molar-refractivity contribution in [3.8, 4) is 0 Å². The summed E-state index contributed by atoms with van der Waals surface area (Å²) >= 11 is 0. The van der Waals surface area contributed by atoms with Crippen LogP contribution in [-0.2, 0) is 9.59 Å². The number of hydrogen-bond acceptors (Lipinski definition) is 3. The van der Waals surface area contributed by atoms with E-state index in [0.29, 0.717) is 36.6 Å². The van der Waals surface area contributed by atoms with Gasteiger partial charge in [0.05, 0.1) is 0 Å². The summed E-state index contributed by atoms with van der Waals surface area (Å²) in [5.74, 6) is 1.47. The third-order valence-corrected chi connectivity index (χ3v) is 5.72. The highest BCUT2D eigenvalue weighted by Gasteiger charge is 2.35. The van der Waals surface area contributed by atoms with E-state index in [1.165, 1.54) is 13.3 Å². The van der Waals surface area contributed by atoms with Crippen molar-refractivity contribution >= 4 is 17.9 Å². The fourth-order valence-electron chi connectivity index (χ4n) is 4.20. The van der Waals surface area contributed by atoms with Gasteiger partial charge < -0.3 is 21.1 Å². The zero-order chi connectivity index (χ0) is 21.4. The number of amides is 3. The lowest BCUT2D eigenvalue weighted by Crippen LogP contribution is -2.52. The zero-order valence-electron chi connectivity index (χ0n) is 18.2. The molecule has 4 N–H and O–H groups in total. The lowest BCUT2D eigenvalue weighted by molar-refractivity contribution is -0.130. The van der Waals surface area contributed by atoms with Crippen LogP contribution in [0.4, 0.5) is 4.79 Å². The van der Waals surface area contributed by atoms with Crippen molar-refractivity contribution in [2.75, 3.05) is 6.54 Å². The molecule has 1 aliphatic carbocycles. The van der Waals surface area contributed by atoms with Crippen molar-refractivity contribution in [3.05, 3.63) is 0 Å². The van der Waals surface area contributed by atoms with Gasteiger partial charge in [0.25, 0.3) is 0 Å². The number of carbonyl (C=O) groups is 3. The fraction of sp³-hybridized carbons (Fsp3) is 0.857. The summed E-state index contributed by atoms with van der Waals surface area (Å²) in [4.78, 5) is 35.9. The molecule has 5 atom stereocenters. The smallest absolute Gasteiger partial charge is 0.405 e. The van der Waals surface area contributed by atoms with E-state index in [9.17, 15) is 14.4 Å². The molecule has 3 amide bonds. The second-order valence-corrected chi connectivity index (χ2v) is 9.18. The van der Waals surface area contributed by atoms with E-state index in [-0.39, 0.29) is 23.8 Å². The quantitative estimate of drug-likeness (QED) is 0.480. The lowest BCUT2D eigenvalue weighted by atomic mass is 9.70. The van der Waals surface area contributed by atoms with E-state index in [1.807, 2.05) is 0 Å². The zero-order valence-corrected chi connectivity index (χ0v) is 18.2. The average molecular weight is 398 g/mol. The first kappa shape index (κ1) is 24.2. The summed E-state index contributed by atoms with van der Waals surface area (Å²) in [5.41, 5.74) is 0. The van der Waals surface area contributed by atoms with Gasteiger partial charge in [-0.15, -0.1) is 0 Å². The van der Waals surface area contributed by atoms with E-state index < -0.39 is 12.1 Å². The Morgan fingerprint density at radius 3 is 2.21 bits per heavy atom. The molecule has 0 heterocycles. The molecule has 7 heteroatoms. The Bertz CT molecular complexity index is 536. The number of hydrogen-bond donors (Lipinski definition) is 4. The predicted molar refractivity (Wildman–Crippen MR) is 110 cm³/mol. The lowest BCUT2D eigenvalue weighted by Gasteiger charge is -2.36. The van der Waals surface area contributed by atoms with E-state index in [4.69, 9.17) is 5.11 Å². The maximum atomic E-state index is 12.9. The molecule has 0 radical (unpaired) electrons. The molecular formula is C21H39N3O4. The molecule has 28 heavy (non-hydrogen) atoms. The Labute approximate surface area is 169 Å². The van der Waals surface area contributed by atoms with Gasteiger partial charge in [0.15, 0.2) is 0 Å². The van der Waals surface area contributed by atoms with Crippen LogP contribution in [0.5, 0.6) is 0 Å². The first-order chi connectivity index (χ1) is 13.0. The highest BCUT2D eigenvalue weighted by Crippen LogP contribution is 2.38. The van der Waals surface area contributed by atoms with Crippen molar-refractivity contribution in [3.63, 3.8) is 0 Å². The normalized spacial score (nSPS) is 24.5. The Morgan fingerprint density at radius 1 is 1.04 bits per heavy atom. The van der Waals surface area contributed by atoms with Crippen LogP contribution in [0.15, 0.2) is 0 Å². The van der Waals surface area contributed by atoms with Crippen LogP contribution in [0, 0.1) is 29.6 Å². The van der Waals surface area contributed by atoms with Crippen LogP contribution in [0.3, 0.4) is 0 Å². The van der Waals surface area contributed by atoms with Gasteiger partial charge >= 0.3 is 6.09 Å². The number of rotatable bonds is 9. The molecule has 1 aliphatic rings. The maximum Gasteiger partial charge on any atom is 0.405 e. The topological polar surface area (TPSA) is 108 Å². The highest BCUT2D eigenvalue weighted by molar-refractivity contribution is 5.85. The molecule has 0 spiro atoms. The summed E-state index contributed by atoms with van der Waals surface area (Å²) in [6.45, 7) is 12.5. The van der Waals surface area contributed by atoms with Gasteiger partial charge in [0.2, 0.25) is 11.8 Å². The van der Waals surface area contributed by atoms with Gasteiger partial charge in [-0.3, -0.25) is 9.59 Å². The second-order valence-electron chi connectivity index (χ2n) is 9.18. The minimum absolute atomic E-state index is 0.0201. The standard InChI is InChI=1S/C21H39N3O4/c1-12(2)9-16(24-19(25)15(6)23-21(27)28)11-22-20(26)18-10-14(5)7-8-17(18)13(3)4/h12-18,23H,7-11H2,1-6H3,(H,22,26)(H,24,25)(H,27,28)/t14-,15?,16?,17+,18-/m1/s1. The Morgan fingerprint density at radius 2 is 1.68 bits per heavy atom. The fourth-order valence-corrected chi connectivity index (χ4v) is 4.20. The third kappa shape index (κ3) is 8.07. The van der Waals surface area contributed by atoms with E-state index in [1.54, 1.807) is 0 Å². The first-order valence-corrected chi connectivity index (χ1v) is 10.6. The SMILES string of the molecule is CC(C)CC(CNC(=O)[C@@H]1C[C@H](C)CC[C@H]1C(C)C)NC(=O)C(C)NC(=O)O. The van der Waals surface area contributed by atoms with Crippen LogP contribution < -0.4 is 16.0 Å². The first-order valence-electron chi connectivity index (χ1n) is 10.6. The minimum atomic E-state index is -1.23. The molecule has 162 valence electrons. The van der Waals surface area contributed by atoms with Crippen LogP contribution in [0.2, 0.25) is 0 Å². The van der Waals surface area contributed by atoms with Gasteiger partial charge in [-0.2, -0.15) is 0 Å². The van der Waals surface area contributed by atoms with Crippen LogP contribution in [0.25, 0.3) is 0 Å². The summed E-state index contributed by atoms with van der Waals surface area (Å²) in [5, 5.41) is 16.9. The van der Waals surface area contributed by atoms with Crippen molar-refractivity contribution < 1.29 is 19.5 Å². The van der Waals surface area contributed by atoms with Gasteiger partial charge in [0.1, 0.15) is 6.04 Å². The predicted octanol–water partition coefficient (Wildman–Crippen LogP) is 3.00. The molecule has 0 aliphatic heterocycles. The van der Waals surface area contributed by atoms with Crippen molar-refractivity contribution in [1.29, 1.82) is 0 Å². The number of carbonyl (C=O) groups excluding carboxylic acids is 2. The monoisotopic (exact) mass is 397 g/mol. The van der Waals surface area contributed by atoms with Gasteiger partial charge in [0, 0.05) is 18.5 Å². The Kier molecular flexibility index (Phi) is 9.76. The molecule has 0 bridgehead atoms. The summed E-state index contributed by atoms with van der Waals surface area (Å²) < 4.78 is 0. The van der Waals surface area contributed by atoms with Crippen molar-refractivity contribution in [2.45, 2.75) is 79.3 Å². The summed E-state index contributed by atoms with van der Waals surface area (Å²) in [7, 11) is 0. The van der Waals surface area contributed by atoms with Crippen LogP contribution >= 0.6 is 0 Å². The largest absolute Gasteiger partial charge is 0.465 e. The van der Waals surface area contributed by atoms with E-state index >= 15 is 0 Å². The molecule has 0 aromatic rings. The molecule has 0 aromatic heterocycles. The molecule has 0 saturated heterocycles.